The number of Topliss-reactive ketones (excluding diaryl/α,β-unsaturated/α-hetero) is 2. The number of ketones is 2. The molecule has 0 bridgehead atoms. The van der Waals surface area contributed by atoms with Gasteiger partial charge in [-0.2, -0.15) is 10.3 Å². The molecule has 0 radical (unpaired) electrons. The van der Waals surface area contributed by atoms with E-state index in [0.717, 1.165) is 34.9 Å². The molecule has 1 spiro atoms. The summed E-state index contributed by atoms with van der Waals surface area (Å²) in [6.45, 7) is 1.33. The number of H-pyrrole nitrogens is 1. The monoisotopic (exact) mass is 548 g/mol. The van der Waals surface area contributed by atoms with Crippen LogP contribution in [0.4, 0.5) is 0 Å². The smallest absolute Gasteiger partial charge is 0.205 e. The van der Waals surface area contributed by atoms with Gasteiger partial charge in [-0.25, -0.2) is 0 Å². The van der Waals surface area contributed by atoms with Crippen LogP contribution < -0.4 is 10.1 Å². The van der Waals surface area contributed by atoms with Gasteiger partial charge in [0.1, 0.15) is 17.3 Å². The third-order valence-corrected chi connectivity index (χ3v) is 8.75. The molecule has 2 aromatic carbocycles. The van der Waals surface area contributed by atoms with Crippen molar-refractivity contribution in [3.05, 3.63) is 66.1 Å². The summed E-state index contributed by atoms with van der Waals surface area (Å²) >= 11 is 0. The standard InChI is InChI=1S/C30H28N8O3/c1-37-16-19(15-32-37)17-2-5-25-23(12-17)28(40)26(30(41-25)7-9-31-10-8-30)27(39)18-13-22(29-33-35-36-34-29)21-6-11-38(20-3-4-20)24(21)14-18/h2,5-6,11-16,20,26,31H,3-4,7-10H2,1H3,(H,33,34,35,36). The Morgan fingerprint density at radius 1 is 1.07 bits per heavy atom. The van der Waals surface area contributed by atoms with Gasteiger partial charge in [0.15, 0.2) is 11.6 Å². The van der Waals surface area contributed by atoms with E-state index in [2.05, 4.69) is 41.8 Å². The molecule has 3 aromatic heterocycles. The molecule has 3 aliphatic rings. The van der Waals surface area contributed by atoms with Crippen molar-refractivity contribution in [1.82, 2.24) is 40.3 Å². The Hall–Kier alpha value is -4.64. The fourth-order valence-corrected chi connectivity index (χ4v) is 6.54. The summed E-state index contributed by atoms with van der Waals surface area (Å²) in [6.07, 6.45) is 9.02. The van der Waals surface area contributed by atoms with E-state index in [1.165, 1.54) is 0 Å². The van der Waals surface area contributed by atoms with E-state index in [0.29, 0.717) is 60.2 Å². The normalized spacial score (nSPS) is 19.8. The molecule has 1 saturated carbocycles. The van der Waals surface area contributed by atoms with Gasteiger partial charge in [-0.05, 0) is 67.0 Å². The van der Waals surface area contributed by atoms with Crippen LogP contribution in [-0.2, 0) is 7.05 Å². The summed E-state index contributed by atoms with van der Waals surface area (Å²) in [5, 5.41) is 23.3. The Morgan fingerprint density at radius 3 is 2.66 bits per heavy atom. The van der Waals surface area contributed by atoms with Crippen molar-refractivity contribution in [3.63, 3.8) is 0 Å². The Kier molecular flexibility index (Phi) is 5.27. The quantitative estimate of drug-likeness (QED) is 0.251. The van der Waals surface area contributed by atoms with Crippen LogP contribution in [0, 0.1) is 5.92 Å². The number of carbonyl (C=O) groups excluding carboxylic acids is 2. The second-order valence-corrected chi connectivity index (χ2v) is 11.3. The lowest BCUT2D eigenvalue weighted by Gasteiger charge is -2.45. The summed E-state index contributed by atoms with van der Waals surface area (Å²) < 4.78 is 10.6. The summed E-state index contributed by atoms with van der Waals surface area (Å²) in [5.74, 6) is -0.500. The van der Waals surface area contributed by atoms with Gasteiger partial charge in [0.25, 0.3) is 0 Å². The van der Waals surface area contributed by atoms with E-state index in [4.69, 9.17) is 4.74 Å². The SMILES string of the molecule is Cn1cc(-c2ccc3c(c2)C(=O)C(C(=O)c2cc(-c4nn[nH]n4)c4ccn(C5CC5)c4c2)C2(CCNCC2)O3)cn1. The number of rotatable bonds is 5. The van der Waals surface area contributed by atoms with E-state index in [1.807, 2.05) is 43.6 Å². The fraction of sp³-hybridized carbons (Fsp3) is 0.333. The van der Waals surface area contributed by atoms with Crippen LogP contribution in [0.3, 0.4) is 0 Å². The van der Waals surface area contributed by atoms with E-state index in [9.17, 15) is 9.59 Å². The van der Waals surface area contributed by atoms with E-state index >= 15 is 0 Å². The molecule has 1 saturated heterocycles. The lowest BCUT2D eigenvalue weighted by Crippen LogP contribution is -2.58. The lowest BCUT2D eigenvalue weighted by molar-refractivity contribution is -0.0138. The van der Waals surface area contributed by atoms with Crippen molar-refractivity contribution in [2.45, 2.75) is 37.3 Å². The first kappa shape index (κ1) is 24.2. The number of benzene rings is 2. The predicted molar refractivity (Wildman–Crippen MR) is 150 cm³/mol. The summed E-state index contributed by atoms with van der Waals surface area (Å²) in [6, 6.07) is 11.8. The molecule has 1 atom stereocenters. The van der Waals surface area contributed by atoms with Crippen molar-refractivity contribution >= 4 is 22.5 Å². The number of carbonyl (C=O) groups is 2. The number of aromatic amines is 1. The van der Waals surface area contributed by atoms with Crippen LogP contribution in [0.2, 0.25) is 0 Å². The zero-order valence-electron chi connectivity index (χ0n) is 22.5. The lowest BCUT2D eigenvalue weighted by atomic mass is 9.70. The molecule has 0 amide bonds. The van der Waals surface area contributed by atoms with E-state index < -0.39 is 11.5 Å². The maximum absolute atomic E-state index is 14.6. The number of nitrogens with zero attached hydrogens (tertiary/aromatic N) is 6. The molecule has 11 nitrogen and oxygen atoms in total. The van der Waals surface area contributed by atoms with Gasteiger partial charge in [-0.15, -0.1) is 10.2 Å². The van der Waals surface area contributed by atoms with Crippen LogP contribution in [0.1, 0.15) is 52.4 Å². The fourth-order valence-electron chi connectivity index (χ4n) is 6.54. The summed E-state index contributed by atoms with van der Waals surface area (Å²) in [7, 11) is 1.85. The molecule has 2 fully saturated rings. The number of piperidine rings is 1. The Labute approximate surface area is 234 Å². The molecule has 206 valence electrons. The van der Waals surface area contributed by atoms with Crippen molar-refractivity contribution in [1.29, 1.82) is 0 Å². The van der Waals surface area contributed by atoms with Gasteiger partial charge in [0.05, 0.1) is 11.8 Å². The van der Waals surface area contributed by atoms with Crippen LogP contribution >= 0.6 is 0 Å². The Balaban J connectivity index is 1.27. The van der Waals surface area contributed by atoms with Gasteiger partial charge in [0, 0.05) is 65.9 Å². The molecule has 8 rings (SSSR count). The molecular formula is C30H28N8O3. The van der Waals surface area contributed by atoms with Crippen molar-refractivity contribution in [2.75, 3.05) is 13.1 Å². The van der Waals surface area contributed by atoms with Gasteiger partial charge >= 0.3 is 0 Å². The number of nitrogens with one attached hydrogen (secondary N) is 2. The second kappa shape index (κ2) is 8.93. The molecule has 5 heterocycles. The molecule has 5 aromatic rings. The average Bonchev–Trinajstić information content (AvgIpc) is 3.34. The maximum atomic E-state index is 14.6. The van der Waals surface area contributed by atoms with Crippen molar-refractivity contribution in [3.8, 4) is 28.3 Å². The van der Waals surface area contributed by atoms with Crippen molar-refractivity contribution < 1.29 is 14.3 Å². The van der Waals surface area contributed by atoms with Gasteiger partial charge < -0.3 is 14.6 Å². The highest BCUT2D eigenvalue weighted by Gasteiger charge is 2.54. The average molecular weight is 549 g/mol. The molecule has 2 aliphatic heterocycles. The number of tetrazole rings is 1. The molecule has 1 unspecified atom stereocenters. The number of ether oxygens (including phenoxy) is 1. The zero-order valence-corrected chi connectivity index (χ0v) is 22.5. The minimum atomic E-state index is -0.985. The number of fused-ring (bicyclic) bond motifs is 2. The number of aromatic nitrogens is 7. The first-order chi connectivity index (χ1) is 20.0. The Morgan fingerprint density at radius 2 is 1.93 bits per heavy atom. The minimum Gasteiger partial charge on any atom is -0.485 e. The van der Waals surface area contributed by atoms with Crippen LogP contribution in [0.25, 0.3) is 33.4 Å². The molecular weight excluding hydrogens is 520 g/mol. The van der Waals surface area contributed by atoms with Gasteiger partial charge in [0.2, 0.25) is 5.82 Å². The van der Waals surface area contributed by atoms with Crippen LogP contribution in [0.15, 0.2) is 55.0 Å². The summed E-state index contributed by atoms with van der Waals surface area (Å²) in [5.41, 5.74) is 3.33. The largest absolute Gasteiger partial charge is 0.485 e. The first-order valence-electron chi connectivity index (χ1n) is 14.0. The number of hydrogen-bond acceptors (Lipinski definition) is 8. The zero-order chi connectivity index (χ0) is 27.7. The summed E-state index contributed by atoms with van der Waals surface area (Å²) in [4.78, 5) is 29.0. The maximum Gasteiger partial charge on any atom is 0.205 e. The third kappa shape index (κ3) is 3.83. The van der Waals surface area contributed by atoms with Crippen molar-refractivity contribution in [2.24, 2.45) is 13.0 Å². The highest BCUT2D eigenvalue weighted by Crippen LogP contribution is 2.45. The van der Waals surface area contributed by atoms with E-state index in [-0.39, 0.29) is 11.6 Å². The predicted octanol–water partition coefficient (Wildman–Crippen LogP) is 3.75. The van der Waals surface area contributed by atoms with Gasteiger partial charge in [-0.1, -0.05) is 6.07 Å². The molecule has 2 N–H and O–H groups in total. The first-order valence-corrected chi connectivity index (χ1v) is 14.0. The second-order valence-electron chi connectivity index (χ2n) is 11.3. The minimum absolute atomic E-state index is 0.206. The van der Waals surface area contributed by atoms with Crippen LogP contribution in [-0.4, -0.2) is 65.2 Å². The van der Waals surface area contributed by atoms with E-state index in [1.54, 1.807) is 16.9 Å². The van der Waals surface area contributed by atoms with Gasteiger partial charge in [-0.3, -0.25) is 14.3 Å². The van der Waals surface area contributed by atoms with Crippen LogP contribution in [0.5, 0.6) is 5.75 Å². The topological polar surface area (TPSA) is 133 Å². The number of aryl methyl sites for hydroxylation is 1. The highest BCUT2D eigenvalue weighted by atomic mass is 16.5. The molecule has 11 heteroatoms. The molecule has 41 heavy (non-hydrogen) atoms. The number of hydrogen-bond donors (Lipinski definition) is 2. The molecule has 1 aliphatic carbocycles. The Bertz CT molecular complexity index is 1830. The highest BCUT2D eigenvalue weighted by molar-refractivity contribution is 6.20. The third-order valence-electron chi connectivity index (χ3n) is 8.75.